The van der Waals surface area contributed by atoms with Crippen LogP contribution in [-0.2, 0) is 10.0 Å². The molecular formula is C15H36IN5O2S. The fraction of sp³-hybridized carbons (Fsp3) is 0.933. The van der Waals surface area contributed by atoms with Crippen LogP contribution in [-0.4, -0.2) is 69.8 Å². The summed E-state index contributed by atoms with van der Waals surface area (Å²) in [5.41, 5.74) is -0.590. The molecule has 0 saturated heterocycles. The van der Waals surface area contributed by atoms with Gasteiger partial charge >= 0.3 is 0 Å². The molecule has 0 spiro atoms. The third-order valence-corrected chi connectivity index (χ3v) is 4.30. The van der Waals surface area contributed by atoms with E-state index in [0.717, 1.165) is 19.3 Å². The fourth-order valence-corrected chi connectivity index (χ4v) is 3.56. The maximum atomic E-state index is 11.3. The van der Waals surface area contributed by atoms with Crippen LogP contribution >= 0.6 is 24.0 Å². The van der Waals surface area contributed by atoms with Crippen LogP contribution in [0.4, 0.5) is 0 Å². The molecule has 0 atom stereocenters. The average molecular weight is 477 g/mol. The van der Waals surface area contributed by atoms with Gasteiger partial charge in [0, 0.05) is 44.3 Å². The van der Waals surface area contributed by atoms with Crippen molar-refractivity contribution in [3.63, 3.8) is 0 Å². The van der Waals surface area contributed by atoms with Gasteiger partial charge < -0.3 is 10.6 Å². The Morgan fingerprint density at radius 2 is 1.62 bits per heavy atom. The van der Waals surface area contributed by atoms with Gasteiger partial charge in [-0.15, -0.1) is 24.0 Å². The number of sulfonamides is 1. The Morgan fingerprint density at radius 1 is 1.12 bits per heavy atom. The lowest BCUT2D eigenvalue weighted by Crippen LogP contribution is -2.53. The molecule has 0 aliphatic heterocycles. The smallest absolute Gasteiger partial charge is 0.209 e. The second-order valence-corrected chi connectivity index (χ2v) is 8.78. The van der Waals surface area contributed by atoms with Gasteiger partial charge in [-0.25, -0.2) is 13.1 Å². The van der Waals surface area contributed by atoms with Crippen LogP contribution in [0.15, 0.2) is 4.99 Å². The Kier molecular flexibility index (Phi) is 12.5. The molecular weight excluding hydrogens is 441 g/mol. The van der Waals surface area contributed by atoms with Gasteiger partial charge in [0.05, 0.1) is 6.26 Å². The number of guanidine groups is 1. The van der Waals surface area contributed by atoms with E-state index in [9.17, 15) is 8.42 Å². The highest BCUT2D eigenvalue weighted by atomic mass is 127. The molecule has 0 aromatic carbocycles. The van der Waals surface area contributed by atoms with E-state index in [4.69, 9.17) is 0 Å². The largest absolute Gasteiger partial charge is 0.355 e. The van der Waals surface area contributed by atoms with Crippen molar-refractivity contribution in [2.24, 2.45) is 4.99 Å². The molecule has 0 fully saturated rings. The summed E-state index contributed by atoms with van der Waals surface area (Å²) in [6, 6.07) is 0.981. The van der Waals surface area contributed by atoms with E-state index in [1.807, 2.05) is 13.8 Å². The first-order valence-corrected chi connectivity index (χ1v) is 9.96. The van der Waals surface area contributed by atoms with Crippen LogP contribution in [0, 0.1) is 0 Å². The van der Waals surface area contributed by atoms with Gasteiger partial charge in [0.25, 0.3) is 0 Å². The first-order chi connectivity index (χ1) is 10.4. The van der Waals surface area contributed by atoms with Crippen molar-refractivity contribution in [2.75, 3.05) is 32.9 Å². The van der Waals surface area contributed by atoms with E-state index < -0.39 is 15.6 Å². The van der Waals surface area contributed by atoms with Gasteiger partial charge in [-0.3, -0.25) is 9.89 Å². The minimum absolute atomic E-state index is 0. The van der Waals surface area contributed by atoms with Gasteiger partial charge in [-0.1, -0.05) is 0 Å². The van der Waals surface area contributed by atoms with Crippen LogP contribution in [0.1, 0.15) is 41.5 Å². The molecule has 0 rings (SSSR count). The van der Waals surface area contributed by atoms with Crippen molar-refractivity contribution in [1.29, 1.82) is 0 Å². The van der Waals surface area contributed by atoms with E-state index >= 15 is 0 Å². The SMILES string of the molecule is CN=C(NCCN(C(C)C)C(C)C)NCC(C)(C)NS(C)(=O)=O.I. The van der Waals surface area contributed by atoms with Crippen molar-refractivity contribution >= 4 is 40.0 Å². The number of hydrogen-bond acceptors (Lipinski definition) is 4. The molecule has 0 aromatic heterocycles. The lowest BCUT2D eigenvalue weighted by molar-refractivity contribution is 0.178. The van der Waals surface area contributed by atoms with Gasteiger partial charge in [0.1, 0.15) is 0 Å². The zero-order valence-electron chi connectivity index (χ0n) is 16.3. The van der Waals surface area contributed by atoms with E-state index in [2.05, 4.69) is 52.9 Å². The molecule has 0 aliphatic rings. The number of halogens is 1. The minimum atomic E-state index is -3.24. The Morgan fingerprint density at radius 3 is 2.00 bits per heavy atom. The standard InChI is InChI=1S/C15H35N5O2S.HI/c1-12(2)20(13(3)4)10-9-17-14(16-7)18-11-15(5,6)19-23(8,21)22;/h12-13,19H,9-11H2,1-8H3,(H2,16,17,18);1H. The lowest BCUT2D eigenvalue weighted by atomic mass is 10.1. The summed E-state index contributed by atoms with van der Waals surface area (Å²) in [6.07, 6.45) is 1.16. The number of rotatable bonds is 9. The predicted molar refractivity (Wildman–Crippen MR) is 114 cm³/mol. The summed E-state index contributed by atoms with van der Waals surface area (Å²) in [7, 11) is -1.54. The van der Waals surface area contributed by atoms with Gasteiger partial charge in [0.15, 0.2) is 5.96 Å². The van der Waals surface area contributed by atoms with Crippen LogP contribution in [0.25, 0.3) is 0 Å². The maximum Gasteiger partial charge on any atom is 0.209 e. The van der Waals surface area contributed by atoms with Crippen molar-refractivity contribution in [3.05, 3.63) is 0 Å². The summed E-state index contributed by atoms with van der Waals surface area (Å²) in [5.74, 6) is 0.667. The van der Waals surface area contributed by atoms with Gasteiger partial charge in [-0.2, -0.15) is 0 Å². The molecule has 0 bridgehead atoms. The Labute approximate surface area is 165 Å². The molecule has 0 saturated carbocycles. The molecule has 146 valence electrons. The second kappa shape index (κ2) is 11.5. The molecule has 9 heteroatoms. The Balaban J connectivity index is 0. The summed E-state index contributed by atoms with van der Waals surface area (Å²) in [6.45, 7) is 14.5. The second-order valence-electron chi connectivity index (χ2n) is 7.04. The number of nitrogens with zero attached hydrogens (tertiary/aromatic N) is 2. The minimum Gasteiger partial charge on any atom is -0.355 e. The molecule has 0 aromatic rings. The van der Waals surface area contributed by atoms with Crippen molar-refractivity contribution in [2.45, 2.75) is 59.2 Å². The highest BCUT2D eigenvalue weighted by Gasteiger charge is 2.22. The zero-order valence-corrected chi connectivity index (χ0v) is 19.5. The molecule has 0 aliphatic carbocycles. The molecule has 0 radical (unpaired) electrons. The first-order valence-electron chi connectivity index (χ1n) is 8.07. The Hall–Kier alpha value is -0.130. The van der Waals surface area contributed by atoms with Gasteiger partial charge in [-0.05, 0) is 41.5 Å². The summed E-state index contributed by atoms with van der Waals surface area (Å²) >= 11 is 0. The average Bonchev–Trinajstić information content (AvgIpc) is 2.33. The van der Waals surface area contributed by atoms with Crippen molar-refractivity contribution in [1.82, 2.24) is 20.3 Å². The van der Waals surface area contributed by atoms with Crippen LogP contribution in [0.5, 0.6) is 0 Å². The van der Waals surface area contributed by atoms with Crippen LogP contribution in [0.2, 0.25) is 0 Å². The highest BCUT2D eigenvalue weighted by molar-refractivity contribution is 14.0. The zero-order chi connectivity index (χ0) is 18.3. The quantitative estimate of drug-likeness (QED) is 0.264. The summed E-state index contributed by atoms with van der Waals surface area (Å²) in [4.78, 5) is 6.57. The van der Waals surface area contributed by atoms with E-state index in [1.54, 1.807) is 7.05 Å². The molecule has 0 amide bonds. The number of hydrogen-bond donors (Lipinski definition) is 3. The Bertz CT molecular complexity index is 470. The number of nitrogens with one attached hydrogen (secondary N) is 3. The topological polar surface area (TPSA) is 85.8 Å². The molecule has 0 heterocycles. The van der Waals surface area contributed by atoms with Crippen LogP contribution in [0.3, 0.4) is 0 Å². The molecule has 3 N–H and O–H groups in total. The van der Waals surface area contributed by atoms with E-state index in [-0.39, 0.29) is 24.0 Å². The lowest BCUT2D eigenvalue weighted by Gasteiger charge is -2.31. The number of aliphatic imine (C=N–C) groups is 1. The summed E-state index contributed by atoms with van der Waals surface area (Å²) in [5, 5.41) is 6.42. The van der Waals surface area contributed by atoms with E-state index in [1.165, 1.54) is 0 Å². The highest BCUT2D eigenvalue weighted by Crippen LogP contribution is 2.03. The molecule has 0 unspecified atom stereocenters. The van der Waals surface area contributed by atoms with Crippen molar-refractivity contribution < 1.29 is 8.42 Å². The third kappa shape index (κ3) is 12.3. The molecule has 24 heavy (non-hydrogen) atoms. The maximum absolute atomic E-state index is 11.3. The molecule has 7 nitrogen and oxygen atoms in total. The van der Waals surface area contributed by atoms with Gasteiger partial charge in [0.2, 0.25) is 10.0 Å². The van der Waals surface area contributed by atoms with E-state index in [0.29, 0.717) is 24.6 Å². The van der Waals surface area contributed by atoms with Crippen molar-refractivity contribution in [3.8, 4) is 0 Å². The first kappa shape index (κ1) is 26.1. The van der Waals surface area contributed by atoms with Crippen LogP contribution < -0.4 is 15.4 Å². The monoisotopic (exact) mass is 477 g/mol. The third-order valence-electron chi connectivity index (χ3n) is 3.37. The summed E-state index contributed by atoms with van der Waals surface area (Å²) < 4.78 is 25.3. The normalized spacial score (nSPS) is 13.4. The predicted octanol–water partition coefficient (Wildman–Crippen LogP) is 1.22. The fourth-order valence-electron chi connectivity index (χ4n) is 2.48.